The molecule has 6 nitrogen and oxygen atoms in total. The van der Waals surface area contributed by atoms with Crippen LogP contribution in [0.2, 0.25) is 0 Å². The SMILES string of the molecule is CNS(=O)(=O)c1ccc(CNC(C)c2cccc(O)c2)o1. The van der Waals surface area contributed by atoms with E-state index in [1.54, 1.807) is 24.3 Å². The molecule has 114 valence electrons. The van der Waals surface area contributed by atoms with Crippen molar-refractivity contribution in [2.24, 2.45) is 0 Å². The van der Waals surface area contributed by atoms with Crippen LogP contribution in [0.25, 0.3) is 0 Å². The number of benzene rings is 1. The summed E-state index contributed by atoms with van der Waals surface area (Å²) < 4.78 is 30.6. The maximum absolute atomic E-state index is 11.6. The number of aromatic hydroxyl groups is 1. The van der Waals surface area contributed by atoms with Gasteiger partial charge < -0.3 is 14.8 Å². The van der Waals surface area contributed by atoms with Crippen molar-refractivity contribution in [2.45, 2.75) is 24.6 Å². The Bertz CT molecular complexity index is 709. The second kappa shape index (κ2) is 6.30. The molecular weight excluding hydrogens is 292 g/mol. The molecule has 0 amide bonds. The van der Waals surface area contributed by atoms with Gasteiger partial charge in [0.05, 0.1) is 6.54 Å². The molecule has 0 aliphatic heterocycles. The Hall–Kier alpha value is -1.83. The van der Waals surface area contributed by atoms with E-state index in [2.05, 4.69) is 10.0 Å². The van der Waals surface area contributed by atoms with Crippen LogP contribution in [0.15, 0.2) is 45.9 Å². The molecular formula is C14H18N2O4S. The fourth-order valence-electron chi connectivity index (χ4n) is 1.86. The van der Waals surface area contributed by atoms with Crippen LogP contribution in [0.4, 0.5) is 0 Å². The lowest BCUT2D eigenvalue weighted by Crippen LogP contribution is -2.18. The number of rotatable bonds is 6. The van der Waals surface area contributed by atoms with Crippen molar-refractivity contribution in [3.8, 4) is 5.75 Å². The third kappa shape index (κ3) is 3.84. The summed E-state index contributed by atoms with van der Waals surface area (Å²) in [6.07, 6.45) is 0. The van der Waals surface area contributed by atoms with Crippen LogP contribution in [-0.2, 0) is 16.6 Å². The Kier molecular flexibility index (Phi) is 4.66. The van der Waals surface area contributed by atoms with Crippen LogP contribution < -0.4 is 10.0 Å². The van der Waals surface area contributed by atoms with Crippen molar-refractivity contribution in [1.82, 2.24) is 10.0 Å². The Labute approximate surface area is 123 Å². The zero-order valence-electron chi connectivity index (χ0n) is 11.8. The zero-order valence-corrected chi connectivity index (χ0v) is 12.6. The van der Waals surface area contributed by atoms with E-state index in [0.717, 1.165) is 5.56 Å². The minimum atomic E-state index is -3.55. The molecule has 0 aliphatic carbocycles. The van der Waals surface area contributed by atoms with Crippen molar-refractivity contribution < 1.29 is 17.9 Å². The van der Waals surface area contributed by atoms with Gasteiger partial charge in [0, 0.05) is 6.04 Å². The maximum atomic E-state index is 11.6. The summed E-state index contributed by atoms with van der Waals surface area (Å²) in [5.74, 6) is 0.734. The molecule has 2 aromatic rings. The Balaban J connectivity index is 2.00. The highest BCUT2D eigenvalue weighted by Gasteiger charge is 2.16. The van der Waals surface area contributed by atoms with Gasteiger partial charge in [0.25, 0.3) is 10.0 Å². The van der Waals surface area contributed by atoms with E-state index in [4.69, 9.17) is 4.42 Å². The first-order valence-corrected chi connectivity index (χ1v) is 7.95. The van der Waals surface area contributed by atoms with Crippen molar-refractivity contribution in [2.75, 3.05) is 7.05 Å². The van der Waals surface area contributed by atoms with Gasteiger partial charge in [-0.2, -0.15) is 0 Å². The van der Waals surface area contributed by atoms with Crippen LogP contribution in [0.3, 0.4) is 0 Å². The average Bonchev–Trinajstić information content (AvgIpc) is 2.94. The smallest absolute Gasteiger partial charge is 0.273 e. The van der Waals surface area contributed by atoms with E-state index in [9.17, 15) is 13.5 Å². The van der Waals surface area contributed by atoms with E-state index < -0.39 is 10.0 Å². The van der Waals surface area contributed by atoms with Gasteiger partial charge >= 0.3 is 0 Å². The van der Waals surface area contributed by atoms with Gasteiger partial charge in [-0.25, -0.2) is 13.1 Å². The molecule has 1 unspecified atom stereocenters. The van der Waals surface area contributed by atoms with Crippen LogP contribution >= 0.6 is 0 Å². The minimum absolute atomic E-state index is 0.00782. The molecule has 0 spiro atoms. The lowest BCUT2D eigenvalue weighted by molar-refractivity contribution is 0.392. The lowest BCUT2D eigenvalue weighted by Gasteiger charge is -2.13. The first kappa shape index (κ1) is 15.6. The maximum Gasteiger partial charge on any atom is 0.273 e. The monoisotopic (exact) mass is 310 g/mol. The number of furan rings is 1. The third-order valence-corrected chi connectivity index (χ3v) is 4.41. The van der Waals surface area contributed by atoms with E-state index in [1.807, 2.05) is 13.0 Å². The molecule has 21 heavy (non-hydrogen) atoms. The topological polar surface area (TPSA) is 91.6 Å². The molecule has 1 atom stereocenters. The lowest BCUT2D eigenvalue weighted by atomic mass is 10.1. The number of hydrogen-bond donors (Lipinski definition) is 3. The number of phenols is 1. The Morgan fingerprint density at radius 1 is 1.29 bits per heavy atom. The average molecular weight is 310 g/mol. The molecule has 3 N–H and O–H groups in total. The highest BCUT2D eigenvalue weighted by atomic mass is 32.2. The van der Waals surface area contributed by atoms with Crippen molar-refractivity contribution in [1.29, 1.82) is 0 Å². The number of nitrogens with one attached hydrogen (secondary N) is 2. The van der Waals surface area contributed by atoms with E-state index >= 15 is 0 Å². The molecule has 0 saturated heterocycles. The fourth-order valence-corrected chi connectivity index (χ4v) is 2.53. The molecule has 0 aliphatic rings. The van der Waals surface area contributed by atoms with Crippen molar-refractivity contribution in [3.05, 3.63) is 47.7 Å². The van der Waals surface area contributed by atoms with Crippen LogP contribution in [0.1, 0.15) is 24.3 Å². The van der Waals surface area contributed by atoms with Crippen molar-refractivity contribution in [3.63, 3.8) is 0 Å². The fraction of sp³-hybridized carbons (Fsp3) is 0.286. The van der Waals surface area contributed by atoms with E-state index in [1.165, 1.54) is 13.1 Å². The van der Waals surface area contributed by atoms with Crippen LogP contribution in [0, 0.1) is 0 Å². The highest BCUT2D eigenvalue weighted by Crippen LogP contribution is 2.19. The molecule has 1 aromatic heterocycles. The predicted octanol–water partition coefficient (Wildman–Crippen LogP) is 1.74. The zero-order chi connectivity index (χ0) is 15.5. The highest BCUT2D eigenvalue weighted by molar-refractivity contribution is 7.89. The second-order valence-corrected chi connectivity index (χ2v) is 6.44. The molecule has 7 heteroatoms. The normalized spacial score (nSPS) is 13.2. The van der Waals surface area contributed by atoms with Crippen molar-refractivity contribution >= 4 is 10.0 Å². The molecule has 2 rings (SSSR count). The summed E-state index contributed by atoms with van der Waals surface area (Å²) in [7, 11) is -2.22. The molecule has 1 aromatic carbocycles. The number of phenolic OH excluding ortho intramolecular Hbond substituents is 1. The largest absolute Gasteiger partial charge is 0.508 e. The molecule has 0 radical (unpaired) electrons. The Morgan fingerprint density at radius 2 is 2.05 bits per heavy atom. The summed E-state index contributed by atoms with van der Waals surface area (Å²) in [4.78, 5) is 0. The first-order valence-electron chi connectivity index (χ1n) is 6.47. The van der Waals surface area contributed by atoms with Gasteiger partial charge in [0.2, 0.25) is 5.09 Å². The quantitative estimate of drug-likeness (QED) is 0.756. The van der Waals surface area contributed by atoms with Crippen LogP contribution in [-0.4, -0.2) is 20.6 Å². The number of hydrogen-bond acceptors (Lipinski definition) is 5. The van der Waals surface area contributed by atoms with E-state index in [-0.39, 0.29) is 16.9 Å². The summed E-state index contributed by atoms with van der Waals surface area (Å²) >= 11 is 0. The summed E-state index contributed by atoms with van der Waals surface area (Å²) in [5, 5.41) is 12.5. The van der Waals surface area contributed by atoms with Gasteiger partial charge in [0.1, 0.15) is 11.5 Å². The third-order valence-electron chi connectivity index (χ3n) is 3.12. The summed E-state index contributed by atoms with van der Waals surface area (Å²) in [6, 6.07) is 9.98. The van der Waals surface area contributed by atoms with Gasteiger partial charge in [-0.3, -0.25) is 0 Å². The molecule has 0 fully saturated rings. The van der Waals surface area contributed by atoms with Gasteiger partial charge in [-0.05, 0) is 43.8 Å². The van der Waals surface area contributed by atoms with Gasteiger partial charge in [-0.15, -0.1) is 0 Å². The summed E-state index contributed by atoms with van der Waals surface area (Å²) in [6.45, 7) is 2.33. The second-order valence-electron chi connectivity index (χ2n) is 4.63. The molecule has 1 heterocycles. The molecule has 0 saturated carbocycles. The molecule has 0 bridgehead atoms. The standard InChI is InChI=1S/C14H18N2O4S/c1-10(11-4-3-5-12(17)8-11)16-9-13-6-7-14(20-13)21(18,19)15-2/h3-8,10,15-17H,9H2,1-2H3. The number of sulfonamides is 1. The van der Waals surface area contributed by atoms with Crippen LogP contribution in [0.5, 0.6) is 5.75 Å². The predicted molar refractivity (Wildman–Crippen MR) is 78.3 cm³/mol. The van der Waals surface area contributed by atoms with Gasteiger partial charge in [-0.1, -0.05) is 12.1 Å². The van der Waals surface area contributed by atoms with E-state index in [0.29, 0.717) is 12.3 Å². The first-order chi connectivity index (χ1) is 9.92. The summed E-state index contributed by atoms with van der Waals surface area (Å²) in [5.41, 5.74) is 0.935. The van der Waals surface area contributed by atoms with Gasteiger partial charge in [0.15, 0.2) is 0 Å². The Morgan fingerprint density at radius 3 is 2.71 bits per heavy atom. The minimum Gasteiger partial charge on any atom is -0.508 e.